The van der Waals surface area contributed by atoms with Gasteiger partial charge in [-0.2, -0.15) is 0 Å². The molecule has 2 unspecified atom stereocenters. The second-order valence-corrected chi connectivity index (χ2v) is 8.43. The fourth-order valence-corrected chi connectivity index (χ4v) is 4.53. The third-order valence-corrected chi connectivity index (χ3v) is 5.97. The van der Waals surface area contributed by atoms with Gasteiger partial charge < -0.3 is 20.3 Å². The number of ether oxygens (including phenoxy) is 1. The van der Waals surface area contributed by atoms with Gasteiger partial charge in [-0.25, -0.2) is 0 Å². The van der Waals surface area contributed by atoms with Crippen molar-refractivity contribution in [2.24, 2.45) is 0 Å². The molecule has 0 spiro atoms. The fraction of sp³-hybridized carbons (Fsp3) is 0.259. The summed E-state index contributed by atoms with van der Waals surface area (Å²) in [5.74, 6) is 0.738. The number of rotatable bonds is 5. The number of amides is 2. The van der Waals surface area contributed by atoms with Gasteiger partial charge in [0, 0.05) is 37.0 Å². The number of anilines is 3. The van der Waals surface area contributed by atoms with E-state index in [2.05, 4.69) is 23.6 Å². The molecule has 0 saturated carbocycles. The van der Waals surface area contributed by atoms with E-state index in [0.29, 0.717) is 0 Å². The molecule has 4 rings (SSSR count). The molecule has 0 radical (unpaired) electrons. The first-order valence-electron chi connectivity index (χ1n) is 11.1. The van der Waals surface area contributed by atoms with Crippen LogP contribution in [0.4, 0.5) is 17.1 Å². The molecule has 0 aliphatic carbocycles. The van der Waals surface area contributed by atoms with E-state index < -0.39 is 0 Å². The van der Waals surface area contributed by atoms with Crippen LogP contribution in [0.3, 0.4) is 0 Å². The molecule has 1 heterocycles. The second-order valence-electron chi connectivity index (χ2n) is 8.43. The van der Waals surface area contributed by atoms with E-state index in [1.807, 2.05) is 65.6 Å². The Kier molecular flexibility index (Phi) is 6.36. The molecule has 170 valence electrons. The molecule has 1 aliphatic rings. The standard InChI is InChI=1S/C27H29N3O3/c1-17-14-26(29-22-9-11-24(33-4)12-10-22)25-16-21(8-13-27(25)30(17)19(3)32)20-6-5-7-23(15-20)28-18(2)31/h5-13,15-17,26,29H,14H2,1-4H3,(H,28,31). The summed E-state index contributed by atoms with van der Waals surface area (Å²) in [5, 5.41) is 6.49. The molecule has 2 atom stereocenters. The number of carbonyl (C=O) groups excluding carboxylic acids is 2. The van der Waals surface area contributed by atoms with Crippen LogP contribution in [0.5, 0.6) is 5.75 Å². The van der Waals surface area contributed by atoms with Gasteiger partial charge in [0.2, 0.25) is 11.8 Å². The minimum Gasteiger partial charge on any atom is -0.497 e. The van der Waals surface area contributed by atoms with E-state index in [1.54, 1.807) is 14.0 Å². The maximum absolute atomic E-state index is 12.5. The first-order valence-corrected chi connectivity index (χ1v) is 11.1. The molecule has 3 aromatic rings. The van der Waals surface area contributed by atoms with Crippen LogP contribution in [0, 0.1) is 0 Å². The van der Waals surface area contributed by atoms with E-state index in [-0.39, 0.29) is 23.9 Å². The smallest absolute Gasteiger partial charge is 0.224 e. The molecular weight excluding hydrogens is 414 g/mol. The lowest BCUT2D eigenvalue weighted by Gasteiger charge is -2.39. The Morgan fingerprint density at radius 2 is 1.67 bits per heavy atom. The highest BCUT2D eigenvalue weighted by molar-refractivity contribution is 5.94. The average Bonchev–Trinajstić information content (AvgIpc) is 2.79. The molecule has 6 nitrogen and oxygen atoms in total. The summed E-state index contributed by atoms with van der Waals surface area (Å²) in [7, 11) is 1.65. The quantitative estimate of drug-likeness (QED) is 0.537. The Morgan fingerprint density at radius 3 is 2.33 bits per heavy atom. The van der Waals surface area contributed by atoms with Gasteiger partial charge in [-0.05, 0) is 78.6 Å². The van der Waals surface area contributed by atoms with Crippen LogP contribution in [-0.2, 0) is 9.59 Å². The zero-order valence-corrected chi connectivity index (χ0v) is 19.4. The van der Waals surface area contributed by atoms with Crippen LogP contribution in [0.2, 0.25) is 0 Å². The van der Waals surface area contributed by atoms with Crippen molar-refractivity contribution >= 4 is 28.9 Å². The van der Waals surface area contributed by atoms with Crippen LogP contribution >= 0.6 is 0 Å². The number of carbonyl (C=O) groups is 2. The molecule has 2 N–H and O–H groups in total. The minimum absolute atomic E-state index is 0.0343. The van der Waals surface area contributed by atoms with E-state index >= 15 is 0 Å². The van der Waals surface area contributed by atoms with Crippen molar-refractivity contribution in [2.75, 3.05) is 22.6 Å². The van der Waals surface area contributed by atoms with Gasteiger partial charge in [-0.15, -0.1) is 0 Å². The molecule has 1 aliphatic heterocycles. The highest BCUT2D eigenvalue weighted by Gasteiger charge is 2.32. The molecule has 3 aromatic carbocycles. The number of fused-ring (bicyclic) bond motifs is 1. The highest BCUT2D eigenvalue weighted by atomic mass is 16.5. The van der Waals surface area contributed by atoms with Gasteiger partial charge in [0.05, 0.1) is 13.2 Å². The minimum atomic E-state index is -0.104. The van der Waals surface area contributed by atoms with E-state index in [1.165, 1.54) is 6.92 Å². The Balaban J connectivity index is 1.73. The monoisotopic (exact) mass is 443 g/mol. The van der Waals surface area contributed by atoms with Gasteiger partial charge >= 0.3 is 0 Å². The molecule has 0 fully saturated rings. The SMILES string of the molecule is COc1ccc(NC2CC(C)N(C(C)=O)c3ccc(-c4cccc(NC(C)=O)c4)cc32)cc1. The summed E-state index contributed by atoms with van der Waals surface area (Å²) < 4.78 is 5.27. The molecule has 6 heteroatoms. The molecule has 0 aromatic heterocycles. The lowest BCUT2D eigenvalue weighted by atomic mass is 9.89. The number of hydrogen-bond donors (Lipinski definition) is 2. The van der Waals surface area contributed by atoms with Crippen molar-refractivity contribution in [1.82, 2.24) is 0 Å². The van der Waals surface area contributed by atoms with Crippen molar-refractivity contribution in [2.45, 2.75) is 39.3 Å². The summed E-state index contributed by atoms with van der Waals surface area (Å²) in [5.41, 5.74) is 5.77. The zero-order chi connectivity index (χ0) is 23.5. The number of hydrogen-bond acceptors (Lipinski definition) is 4. The Hall–Kier alpha value is -3.80. The molecule has 0 saturated heterocycles. The predicted molar refractivity (Wildman–Crippen MR) is 133 cm³/mol. The van der Waals surface area contributed by atoms with Gasteiger partial charge in [0.1, 0.15) is 5.75 Å². The molecule has 33 heavy (non-hydrogen) atoms. The molecule has 0 bridgehead atoms. The van der Waals surface area contributed by atoms with E-state index in [9.17, 15) is 9.59 Å². The zero-order valence-electron chi connectivity index (χ0n) is 19.4. The lowest BCUT2D eigenvalue weighted by Crippen LogP contribution is -2.43. The third kappa shape index (κ3) is 4.85. The van der Waals surface area contributed by atoms with Crippen molar-refractivity contribution in [3.8, 4) is 16.9 Å². The Labute approximate surface area is 194 Å². The predicted octanol–water partition coefficient (Wildman–Crippen LogP) is 5.62. The number of nitrogens with one attached hydrogen (secondary N) is 2. The van der Waals surface area contributed by atoms with Crippen LogP contribution < -0.4 is 20.3 Å². The second kappa shape index (κ2) is 9.36. The van der Waals surface area contributed by atoms with Crippen LogP contribution in [0.25, 0.3) is 11.1 Å². The van der Waals surface area contributed by atoms with Crippen LogP contribution in [0.15, 0.2) is 66.7 Å². The average molecular weight is 444 g/mol. The summed E-state index contributed by atoms with van der Waals surface area (Å²) >= 11 is 0. The fourth-order valence-electron chi connectivity index (χ4n) is 4.53. The Bertz CT molecular complexity index is 1170. The number of nitrogens with zero attached hydrogens (tertiary/aromatic N) is 1. The normalized spacial score (nSPS) is 17.2. The van der Waals surface area contributed by atoms with Gasteiger partial charge in [0.15, 0.2) is 0 Å². The number of methoxy groups -OCH3 is 1. The largest absolute Gasteiger partial charge is 0.497 e. The first kappa shape index (κ1) is 22.4. The maximum atomic E-state index is 12.5. The van der Waals surface area contributed by atoms with Gasteiger partial charge in [-0.1, -0.05) is 18.2 Å². The van der Waals surface area contributed by atoms with E-state index in [4.69, 9.17) is 4.74 Å². The van der Waals surface area contributed by atoms with Gasteiger partial charge in [0.25, 0.3) is 0 Å². The number of benzene rings is 3. The summed E-state index contributed by atoms with van der Waals surface area (Å²) in [4.78, 5) is 25.8. The topological polar surface area (TPSA) is 70.7 Å². The Morgan fingerprint density at radius 1 is 0.939 bits per heavy atom. The summed E-state index contributed by atoms with van der Waals surface area (Å²) in [6.07, 6.45) is 0.786. The third-order valence-electron chi connectivity index (χ3n) is 5.97. The van der Waals surface area contributed by atoms with Gasteiger partial charge in [-0.3, -0.25) is 9.59 Å². The van der Waals surface area contributed by atoms with Crippen LogP contribution in [0.1, 0.15) is 38.8 Å². The van der Waals surface area contributed by atoms with Crippen molar-refractivity contribution in [1.29, 1.82) is 0 Å². The van der Waals surface area contributed by atoms with E-state index in [0.717, 1.165) is 45.9 Å². The maximum Gasteiger partial charge on any atom is 0.224 e. The molecular formula is C27H29N3O3. The summed E-state index contributed by atoms with van der Waals surface area (Å²) in [6.45, 7) is 5.19. The lowest BCUT2D eigenvalue weighted by molar-refractivity contribution is -0.117. The first-order chi connectivity index (χ1) is 15.9. The summed E-state index contributed by atoms with van der Waals surface area (Å²) in [6, 6.07) is 22.0. The van der Waals surface area contributed by atoms with Crippen molar-refractivity contribution in [3.63, 3.8) is 0 Å². The highest BCUT2D eigenvalue weighted by Crippen LogP contribution is 2.41. The molecule has 2 amide bonds. The van der Waals surface area contributed by atoms with Crippen molar-refractivity contribution in [3.05, 3.63) is 72.3 Å². The van der Waals surface area contributed by atoms with Crippen molar-refractivity contribution < 1.29 is 14.3 Å². The van der Waals surface area contributed by atoms with Crippen LogP contribution in [-0.4, -0.2) is 25.0 Å².